The molecule has 1 N–H and O–H groups in total. The highest BCUT2D eigenvalue weighted by Gasteiger charge is 2.10. The van der Waals surface area contributed by atoms with Gasteiger partial charge in [-0.1, -0.05) is 65.7 Å². The molecule has 4 aromatic rings. The van der Waals surface area contributed by atoms with Crippen molar-refractivity contribution < 1.29 is 5.11 Å². The summed E-state index contributed by atoms with van der Waals surface area (Å²) in [6.45, 7) is 5.02. The highest BCUT2D eigenvalue weighted by atomic mass is 16.3. The Labute approximate surface area is 154 Å². The molecule has 0 unspecified atom stereocenters. The van der Waals surface area contributed by atoms with Gasteiger partial charge < -0.3 is 9.67 Å². The molecule has 4 rings (SSSR count). The van der Waals surface area contributed by atoms with Gasteiger partial charge in [-0.2, -0.15) is 0 Å². The second-order valence-corrected chi connectivity index (χ2v) is 7.01. The van der Waals surface area contributed by atoms with Crippen LogP contribution in [0.4, 0.5) is 0 Å². The summed E-state index contributed by atoms with van der Waals surface area (Å²) in [5.41, 5.74) is 8.30. The van der Waals surface area contributed by atoms with Gasteiger partial charge in [0, 0.05) is 23.1 Å². The van der Waals surface area contributed by atoms with Gasteiger partial charge in [0.2, 0.25) is 0 Å². The fraction of sp³-hybridized carbons (Fsp3) is 0.167. The van der Waals surface area contributed by atoms with Crippen molar-refractivity contribution in [2.45, 2.75) is 27.0 Å². The van der Waals surface area contributed by atoms with E-state index < -0.39 is 0 Å². The molecule has 0 saturated carbocycles. The van der Waals surface area contributed by atoms with Gasteiger partial charge >= 0.3 is 0 Å². The average molecular weight is 341 g/mol. The predicted molar refractivity (Wildman–Crippen MR) is 108 cm³/mol. The third-order valence-electron chi connectivity index (χ3n) is 4.96. The lowest BCUT2D eigenvalue weighted by molar-refractivity contribution is 0.272. The first kappa shape index (κ1) is 16.6. The van der Waals surface area contributed by atoms with Crippen LogP contribution in [0, 0.1) is 13.8 Å². The number of rotatable bonds is 4. The zero-order valence-corrected chi connectivity index (χ0v) is 15.2. The molecule has 2 heteroatoms. The molecule has 2 nitrogen and oxygen atoms in total. The minimum atomic E-state index is 0.0420. The molecular formula is C24H23NO. The Bertz CT molecular complexity index is 1060. The highest BCUT2D eigenvalue weighted by molar-refractivity contribution is 5.86. The van der Waals surface area contributed by atoms with E-state index in [1.165, 1.54) is 33.2 Å². The number of hydrogen-bond donors (Lipinski definition) is 1. The maximum atomic E-state index is 9.84. The molecule has 0 aliphatic rings. The smallest absolute Gasteiger partial charge is 0.0833 e. The average Bonchev–Trinajstić information content (AvgIpc) is 3.00. The highest BCUT2D eigenvalue weighted by Crippen LogP contribution is 2.28. The zero-order valence-electron chi connectivity index (χ0n) is 15.2. The van der Waals surface area contributed by atoms with Crippen LogP contribution in [0.1, 0.15) is 22.4 Å². The summed E-state index contributed by atoms with van der Waals surface area (Å²) < 4.78 is 2.21. The first-order chi connectivity index (χ1) is 12.6. The zero-order chi connectivity index (χ0) is 18.1. The van der Waals surface area contributed by atoms with Gasteiger partial charge in [-0.25, -0.2) is 0 Å². The largest absolute Gasteiger partial charge is 0.390 e. The number of fused-ring (bicyclic) bond motifs is 1. The van der Waals surface area contributed by atoms with E-state index in [2.05, 4.69) is 91.2 Å². The maximum absolute atomic E-state index is 9.84. The van der Waals surface area contributed by atoms with Gasteiger partial charge in [-0.15, -0.1) is 0 Å². The number of aliphatic hydroxyl groups is 1. The molecule has 0 saturated heterocycles. The van der Waals surface area contributed by atoms with Gasteiger partial charge in [0.25, 0.3) is 0 Å². The molecule has 0 radical (unpaired) electrons. The Morgan fingerprint density at radius 1 is 0.769 bits per heavy atom. The van der Waals surface area contributed by atoms with Crippen molar-refractivity contribution >= 4 is 10.9 Å². The van der Waals surface area contributed by atoms with Crippen LogP contribution < -0.4 is 0 Å². The quantitative estimate of drug-likeness (QED) is 0.523. The van der Waals surface area contributed by atoms with E-state index in [1.807, 2.05) is 0 Å². The standard InChI is InChI=1S/C24H23NO/c1-17-6-8-19(9-7-17)15-25-23(16-26)14-22-13-21(10-11-24(22)25)20-5-3-4-18(2)12-20/h3-14,26H,15-16H2,1-2H3. The lowest BCUT2D eigenvalue weighted by Gasteiger charge is -2.10. The molecule has 26 heavy (non-hydrogen) atoms. The minimum Gasteiger partial charge on any atom is -0.390 e. The number of benzene rings is 3. The number of aryl methyl sites for hydroxylation is 2. The molecule has 0 amide bonds. The van der Waals surface area contributed by atoms with Crippen LogP contribution in [0.25, 0.3) is 22.0 Å². The first-order valence-corrected chi connectivity index (χ1v) is 8.99. The van der Waals surface area contributed by atoms with Crippen LogP contribution in [0.3, 0.4) is 0 Å². The molecule has 0 aliphatic heterocycles. The SMILES string of the molecule is Cc1ccc(Cn2c(CO)cc3cc(-c4cccc(C)c4)ccc32)cc1. The number of hydrogen-bond acceptors (Lipinski definition) is 1. The fourth-order valence-electron chi connectivity index (χ4n) is 3.53. The molecular weight excluding hydrogens is 318 g/mol. The summed E-state index contributed by atoms with van der Waals surface area (Å²) >= 11 is 0. The minimum absolute atomic E-state index is 0.0420. The Morgan fingerprint density at radius 3 is 2.27 bits per heavy atom. The van der Waals surface area contributed by atoms with Crippen molar-refractivity contribution in [2.24, 2.45) is 0 Å². The molecule has 0 atom stereocenters. The van der Waals surface area contributed by atoms with Crippen LogP contribution in [0.5, 0.6) is 0 Å². The summed E-state index contributed by atoms with van der Waals surface area (Å²) in [5.74, 6) is 0. The van der Waals surface area contributed by atoms with E-state index >= 15 is 0 Å². The van der Waals surface area contributed by atoms with Crippen LogP contribution in [-0.2, 0) is 13.2 Å². The van der Waals surface area contributed by atoms with Crippen LogP contribution in [0.2, 0.25) is 0 Å². The van der Waals surface area contributed by atoms with Crippen LogP contribution in [0.15, 0.2) is 72.8 Å². The molecule has 1 aromatic heterocycles. The predicted octanol–water partition coefficient (Wildman–Crippen LogP) is 5.47. The Balaban J connectivity index is 1.77. The maximum Gasteiger partial charge on any atom is 0.0833 e. The Kier molecular flexibility index (Phi) is 4.36. The lowest BCUT2D eigenvalue weighted by Crippen LogP contribution is -2.04. The van der Waals surface area contributed by atoms with E-state index in [0.29, 0.717) is 0 Å². The molecule has 0 aliphatic carbocycles. The molecule has 0 spiro atoms. The van der Waals surface area contributed by atoms with E-state index in [1.54, 1.807) is 0 Å². The number of nitrogens with zero attached hydrogens (tertiary/aromatic N) is 1. The van der Waals surface area contributed by atoms with Crippen LogP contribution in [-0.4, -0.2) is 9.67 Å². The molecule has 130 valence electrons. The van der Waals surface area contributed by atoms with E-state index in [4.69, 9.17) is 0 Å². The van der Waals surface area contributed by atoms with Gasteiger partial charge in [0.1, 0.15) is 0 Å². The van der Waals surface area contributed by atoms with Crippen molar-refractivity contribution in [1.29, 1.82) is 0 Å². The first-order valence-electron chi connectivity index (χ1n) is 8.99. The summed E-state index contributed by atoms with van der Waals surface area (Å²) in [7, 11) is 0. The van der Waals surface area contributed by atoms with Gasteiger partial charge in [0.15, 0.2) is 0 Å². The van der Waals surface area contributed by atoms with E-state index in [0.717, 1.165) is 17.8 Å². The summed E-state index contributed by atoms with van der Waals surface area (Å²) in [6, 6.07) is 25.8. The molecule has 1 heterocycles. The lowest BCUT2D eigenvalue weighted by atomic mass is 10.0. The van der Waals surface area contributed by atoms with Crippen molar-refractivity contribution in [1.82, 2.24) is 4.57 Å². The third kappa shape index (κ3) is 3.16. The normalized spacial score (nSPS) is 11.2. The van der Waals surface area contributed by atoms with Crippen molar-refractivity contribution in [3.63, 3.8) is 0 Å². The van der Waals surface area contributed by atoms with Gasteiger partial charge in [0.05, 0.1) is 6.61 Å². The molecule has 0 fully saturated rings. The van der Waals surface area contributed by atoms with Crippen molar-refractivity contribution in [2.75, 3.05) is 0 Å². The number of aromatic nitrogens is 1. The summed E-state index contributed by atoms with van der Waals surface area (Å²) in [4.78, 5) is 0. The Hall–Kier alpha value is -2.84. The summed E-state index contributed by atoms with van der Waals surface area (Å²) in [6.07, 6.45) is 0. The van der Waals surface area contributed by atoms with E-state index in [9.17, 15) is 5.11 Å². The second-order valence-electron chi connectivity index (χ2n) is 7.01. The van der Waals surface area contributed by atoms with Crippen molar-refractivity contribution in [3.05, 3.63) is 95.2 Å². The van der Waals surface area contributed by atoms with Gasteiger partial charge in [-0.3, -0.25) is 0 Å². The third-order valence-corrected chi connectivity index (χ3v) is 4.96. The Morgan fingerprint density at radius 2 is 1.54 bits per heavy atom. The topological polar surface area (TPSA) is 25.2 Å². The molecule has 3 aromatic carbocycles. The molecule has 0 bridgehead atoms. The summed E-state index contributed by atoms with van der Waals surface area (Å²) in [5, 5.41) is 11.0. The monoisotopic (exact) mass is 341 g/mol. The van der Waals surface area contributed by atoms with Gasteiger partial charge in [-0.05, 0) is 48.7 Å². The van der Waals surface area contributed by atoms with Crippen LogP contribution >= 0.6 is 0 Å². The van der Waals surface area contributed by atoms with E-state index in [-0.39, 0.29) is 6.61 Å². The fourth-order valence-corrected chi connectivity index (χ4v) is 3.53. The second kappa shape index (κ2) is 6.81. The number of aliphatic hydroxyl groups excluding tert-OH is 1. The van der Waals surface area contributed by atoms with Crippen molar-refractivity contribution in [3.8, 4) is 11.1 Å².